The zero-order valence-electron chi connectivity index (χ0n) is 10.8. The second-order valence-electron chi connectivity index (χ2n) is 3.87. The SMILES string of the molecule is CCn1cc(Nc2ncc(N)cc2C(=O)OC)cn1. The number of nitrogen functional groups attached to an aromatic ring is 1. The molecule has 19 heavy (non-hydrogen) atoms. The van der Waals surface area contributed by atoms with Crippen LogP contribution in [0.25, 0.3) is 0 Å². The van der Waals surface area contributed by atoms with Crippen LogP contribution in [0, 0.1) is 0 Å². The minimum Gasteiger partial charge on any atom is -0.465 e. The van der Waals surface area contributed by atoms with Crippen molar-refractivity contribution in [3.63, 3.8) is 0 Å². The first-order valence-electron chi connectivity index (χ1n) is 5.77. The summed E-state index contributed by atoms with van der Waals surface area (Å²) in [6, 6.07) is 1.52. The maximum Gasteiger partial charge on any atom is 0.341 e. The molecule has 7 heteroatoms. The third-order valence-corrected chi connectivity index (χ3v) is 2.53. The van der Waals surface area contributed by atoms with Crippen LogP contribution in [0.5, 0.6) is 0 Å². The molecule has 0 aliphatic rings. The average Bonchev–Trinajstić information content (AvgIpc) is 2.87. The number of anilines is 3. The van der Waals surface area contributed by atoms with E-state index in [1.54, 1.807) is 10.9 Å². The van der Waals surface area contributed by atoms with Crippen molar-refractivity contribution in [2.45, 2.75) is 13.5 Å². The lowest BCUT2D eigenvalue weighted by Crippen LogP contribution is -2.08. The molecule has 0 spiro atoms. The number of aryl methyl sites for hydroxylation is 1. The standard InChI is InChI=1S/C12H15N5O2/c1-3-17-7-9(6-15-17)16-11-10(12(18)19-2)4-8(13)5-14-11/h4-7H,3,13H2,1-2H3,(H,14,16). The van der Waals surface area contributed by atoms with E-state index in [-0.39, 0.29) is 5.56 Å². The Morgan fingerprint density at radius 1 is 1.53 bits per heavy atom. The van der Waals surface area contributed by atoms with E-state index in [9.17, 15) is 4.79 Å². The molecule has 0 saturated heterocycles. The lowest BCUT2D eigenvalue weighted by molar-refractivity contribution is 0.0601. The molecule has 0 radical (unpaired) electrons. The minimum absolute atomic E-state index is 0.284. The molecule has 0 fully saturated rings. The minimum atomic E-state index is -0.495. The third kappa shape index (κ3) is 2.82. The van der Waals surface area contributed by atoms with Crippen LogP contribution < -0.4 is 11.1 Å². The molecule has 0 atom stereocenters. The van der Waals surface area contributed by atoms with Gasteiger partial charge in [-0.1, -0.05) is 0 Å². The highest BCUT2D eigenvalue weighted by Crippen LogP contribution is 2.20. The van der Waals surface area contributed by atoms with E-state index in [1.165, 1.54) is 19.4 Å². The van der Waals surface area contributed by atoms with Gasteiger partial charge in [-0.15, -0.1) is 0 Å². The van der Waals surface area contributed by atoms with Gasteiger partial charge in [0.15, 0.2) is 0 Å². The number of ether oxygens (including phenoxy) is 1. The number of carbonyl (C=O) groups is 1. The summed E-state index contributed by atoms with van der Waals surface area (Å²) in [6.07, 6.45) is 4.95. The second kappa shape index (κ2) is 5.38. The Morgan fingerprint density at radius 2 is 2.32 bits per heavy atom. The number of hydrogen-bond donors (Lipinski definition) is 2. The van der Waals surface area contributed by atoms with Gasteiger partial charge in [-0.25, -0.2) is 9.78 Å². The number of nitrogens with two attached hydrogens (primary N) is 1. The van der Waals surface area contributed by atoms with Crippen LogP contribution in [0.15, 0.2) is 24.7 Å². The topological polar surface area (TPSA) is 95.1 Å². The number of hydrogen-bond acceptors (Lipinski definition) is 6. The summed E-state index contributed by atoms with van der Waals surface area (Å²) in [5, 5.41) is 7.15. The molecule has 0 unspecified atom stereocenters. The monoisotopic (exact) mass is 261 g/mol. The van der Waals surface area contributed by atoms with E-state index in [0.29, 0.717) is 11.5 Å². The van der Waals surface area contributed by atoms with Crippen LogP contribution in [-0.2, 0) is 11.3 Å². The highest BCUT2D eigenvalue weighted by Gasteiger charge is 2.14. The van der Waals surface area contributed by atoms with Gasteiger partial charge in [0.1, 0.15) is 11.4 Å². The summed E-state index contributed by atoms with van der Waals surface area (Å²) < 4.78 is 6.46. The van der Waals surface area contributed by atoms with E-state index in [0.717, 1.165) is 12.2 Å². The normalized spacial score (nSPS) is 10.2. The van der Waals surface area contributed by atoms with Crippen LogP contribution in [-0.4, -0.2) is 27.8 Å². The fourth-order valence-corrected chi connectivity index (χ4v) is 1.58. The van der Waals surface area contributed by atoms with Crippen molar-refractivity contribution in [2.24, 2.45) is 0 Å². The summed E-state index contributed by atoms with van der Waals surface area (Å²) in [5.74, 6) is -0.109. The first-order valence-corrected chi connectivity index (χ1v) is 5.77. The molecule has 100 valence electrons. The molecule has 3 N–H and O–H groups in total. The molecule has 2 rings (SSSR count). The quantitative estimate of drug-likeness (QED) is 0.808. The number of nitrogens with one attached hydrogen (secondary N) is 1. The molecule has 2 aromatic rings. The van der Waals surface area contributed by atoms with E-state index in [2.05, 4.69) is 15.4 Å². The zero-order chi connectivity index (χ0) is 13.8. The Kier molecular flexibility index (Phi) is 3.65. The summed E-state index contributed by atoms with van der Waals surface area (Å²) in [5.41, 5.74) is 7.05. The van der Waals surface area contributed by atoms with E-state index in [1.807, 2.05) is 13.1 Å². The Balaban J connectivity index is 2.31. The number of aromatic nitrogens is 3. The van der Waals surface area contributed by atoms with Crippen LogP contribution in [0.3, 0.4) is 0 Å². The molecule has 2 heterocycles. The van der Waals surface area contributed by atoms with Gasteiger partial charge < -0.3 is 15.8 Å². The van der Waals surface area contributed by atoms with Gasteiger partial charge in [0.25, 0.3) is 0 Å². The molecule has 0 amide bonds. The largest absolute Gasteiger partial charge is 0.465 e. The van der Waals surface area contributed by atoms with Crippen LogP contribution in [0.2, 0.25) is 0 Å². The molecular weight excluding hydrogens is 246 g/mol. The van der Waals surface area contributed by atoms with E-state index < -0.39 is 5.97 Å². The fourth-order valence-electron chi connectivity index (χ4n) is 1.58. The first-order chi connectivity index (χ1) is 9.13. The molecule has 0 aromatic carbocycles. The summed E-state index contributed by atoms with van der Waals surface area (Å²) in [7, 11) is 1.31. The fraction of sp³-hybridized carbons (Fsp3) is 0.250. The average molecular weight is 261 g/mol. The number of rotatable bonds is 4. The number of methoxy groups -OCH3 is 1. The van der Waals surface area contributed by atoms with Gasteiger partial charge in [-0.2, -0.15) is 5.10 Å². The van der Waals surface area contributed by atoms with Gasteiger partial charge in [0.2, 0.25) is 0 Å². The predicted octanol–water partition coefficient (Wildman–Crippen LogP) is 1.41. The molecular formula is C12H15N5O2. The number of pyridine rings is 1. The van der Waals surface area contributed by atoms with E-state index >= 15 is 0 Å². The molecule has 0 aliphatic heterocycles. The van der Waals surface area contributed by atoms with Crippen molar-refractivity contribution in [1.29, 1.82) is 0 Å². The Bertz CT molecular complexity index is 594. The molecule has 0 bridgehead atoms. The van der Waals surface area contributed by atoms with Crippen LogP contribution >= 0.6 is 0 Å². The van der Waals surface area contributed by atoms with Gasteiger partial charge in [-0.05, 0) is 13.0 Å². The van der Waals surface area contributed by atoms with Crippen molar-refractivity contribution in [3.05, 3.63) is 30.2 Å². The Morgan fingerprint density at radius 3 is 2.95 bits per heavy atom. The summed E-state index contributed by atoms with van der Waals surface area (Å²) in [4.78, 5) is 15.8. The highest BCUT2D eigenvalue weighted by atomic mass is 16.5. The Labute approximate surface area is 110 Å². The summed E-state index contributed by atoms with van der Waals surface area (Å²) in [6.45, 7) is 2.75. The van der Waals surface area contributed by atoms with E-state index in [4.69, 9.17) is 10.5 Å². The lowest BCUT2D eigenvalue weighted by atomic mass is 10.2. The number of nitrogens with zero attached hydrogens (tertiary/aromatic N) is 3. The lowest BCUT2D eigenvalue weighted by Gasteiger charge is -2.08. The first kappa shape index (κ1) is 12.9. The molecule has 7 nitrogen and oxygen atoms in total. The van der Waals surface area contributed by atoms with Crippen molar-refractivity contribution in [2.75, 3.05) is 18.2 Å². The van der Waals surface area contributed by atoms with Gasteiger partial charge in [0, 0.05) is 12.7 Å². The highest BCUT2D eigenvalue weighted by molar-refractivity contribution is 5.96. The molecule has 0 saturated carbocycles. The van der Waals surface area contributed by atoms with Crippen molar-refractivity contribution in [1.82, 2.24) is 14.8 Å². The van der Waals surface area contributed by atoms with Crippen molar-refractivity contribution < 1.29 is 9.53 Å². The van der Waals surface area contributed by atoms with Crippen molar-refractivity contribution in [3.8, 4) is 0 Å². The second-order valence-corrected chi connectivity index (χ2v) is 3.87. The van der Waals surface area contributed by atoms with Gasteiger partial charge in [0.05, 0.1) is 30.9 Å². The van der Waals surface area contributed by atoms with Crippen LogP contribution in [0.1, 0.15) is 17.3 Å². The predicted molar refractivity (Wildman–Crippen MR) is 71.2 cm³/mol. The molecule has 2 aromatic heterocycles. The zero-order valence-corrected chi connectivity index (χ0v) is 10.8. The van der Waals surface area contributed by atoms with Crippen molar-refractivity contribution >= 4 is 23.2 Å². The van der Waals surface area contributed by atoms with Crippen LogP contribution in [0.4, 0.5) is 17.2 Å². The summed E-state index contributed by atoms with van der Waals surface area (Å²) >= 11 is 0. The third-order valence-electron chi connectivity index (χ3n) is 2.53. The smallest absolute Gasteiger partial charge is 0.341 e. The number of esters is 1. The van der Waals surface area contributed by atoms with Gasteiger partial charge >= 0.3 is 5.97 Å². The molecule has 0 aliphatic carbocycles. The Hall–Kier alpha value is -2.57. The maximum atomic E-state index is 11.7. The number of carbonyl (C=O) groups excluding carboxylic acids is 1. The van der Waals surface area contributed by atoms with Gasteiger partial charge in [-0.3, -0.25) is 4.68 Å². The maximum absolute atomic E-state index is 11.7.